The summed E-state index contributed by atoms with van der Waals surface area (Å²) in [7, 11) is 0. The van der Waals surface area contributed by atoms with Gasteiger partial charge in [0.1, 0.15) is 5.82 Å². The number of hydrogen-bond donors (Lipinski definition) is 2. The predicted octanol–water partition coefficient (Wildman–Crippen LogP) is 5.83. The molecule has 0 aliphatic rings. The maximum absolute atomic E-state index is 8.97. The van der Waals surface area contributed by atoms with Crippen LogP contribution in [0.1, 0.15) is 23.6 Å². The smallest absolute Gasteiger partial charge is 0.229 e. The Kier molecular flexibility index (Phi) is 6.23. The molecule has 0 aliphatic carbocycles. The molecule has 2 aromatic carbocycles. The van der Waals surface area contributed by atoms with Crippen molar-refractivity contribution in [2.75, 3.05) is 10.6 Å². The number of anilines is 4. The second kappa shape index (κ2) is 9.01. The van der Waals surface area contributed by atoms with Gasteiger partial charge in [0.05, 0.1) is 23.4 Å². The highest BCUT2D eigenvalue weighted by atomic mass is 79.9. The van der Waals surface area contributed by atoms with Gasteiger partial charge >= 0.3 is 0 Å². The minimum Gasteiger partial charge on any atom is -0.339 e. The standard InChI is InChI=1S/C22H17BrN6/c1-14(12-24)9-17-10-15(2)21(19(23)11-17)28-20-7-8-26-22(29-20)27-18-5-3-16(13-25)4-6-18/h3-11H,1-2H3,(H2,26,27,28,29)/b14-9+. The van der Waals surface area contributed by atoms with Gasteiger partial charge in [0, 0.05) is 21.9 Å². The van der Waals surface area contributed by atoms with E-state index in [1.807, 2.05) is 25.1 Å². The summed E-state index contributed by atoms with van der Waals surface area (Å²) in [5.41, 5.74) is 4.88. The maximum Gasteiger partial charge on any atom is 0.229 e. The molecule has 0 aliphatic heterocycles. The SMILES string of the molecule is C/C(C#N)=C\c1cc(C)c(Nc2ccnc(Nc3ccc(C#N)cc3)n2)c(Br)c1. The van der Waals surface area contributed by atoms with Crippen molar-refractivity contribution in [2.24, 2.45) is 0 Å². The molecule has 29 heavy (non-hydrogen) atoms. The molecule has 3 aromatic rings. The van der Waals surface area contributed by atoms with Crippen LogP contribution in [0.2, 0.25) is 0 Å². The lowest BCUT2D eigenvalue weighted by molar-refractivity contribution is 1.16. The molecule has 0 saturated heterocycles. The molecule has 1 aromatic heterocycles. The molecule has 1 heterocycles. The van der Waals surface area contributed by atoms with Crippen molar-refractivity contribution in [1.29, 1.82) is 10.5 Å². The Balaban J connectivity index is 1.81. The third kappa shape index (κ3) is 5.19. The Morgan fingerprint density at radius 1 is 1.10 bits per heavy atom. The van der Waals surface area contributed by atoms with Crippen LogP contribution in [0.3, 0.4) is 0 Å². The summed E-state index contributed by atoms with van der Waals surface area (Å²) in [6, 6.07) is 17.0. The number of benzene rings is 2. The van der Waals surface area contributed by atoms with Crippen molar-refractivity contribution in [3.63, 3.8) is 0 Å². The molecule has 0 spiro atoms. The fourth-order valence-corrected chi connectivity index (χ4v) is 3.34. The molecule has 142 valence electrons. The van der Waals surface area contributed by atoms with Crippen molar-refractivity contribution in [3.05, 3.63) is 75.4 Å². The van der Waals surface area contributed by atoms with Crippen molar-refractivity contribution in [2.45, 2.75) is 13.8 Å². The van der Waals surface area contributed by atoms with Gasteiger partial charge in [-0.1, -0.05) is 0 Å². The van der Waals surface area contributed by atoms with E-state index in [2.05, 4.69) is 48.7 Å². The molecule has 6 nitrogen and oxygen atoms in total. The van der Waals surface area contributed by atoms with Crippen LogP contribution in [0.5, 0.6) is 0 Å². The predicted molar refractivity (Wildman–Crippen MR) is 118 cm³/mol. The average Bonchev–Trinajstić information content (AvgIpc) is 2.71. The number of nitriles is 2. The van der Waals surface area contributed by atoms with Gasteiger partial charge in [-0.15, -0.1) is 0 Å². The molecule has 0 saturated carbocycles. The van der Waals surface area contributed by atoms with Crippen LogP contribution in [0, 0.1) is 29.6 Å². The summed E-state index contributed by atoms with van der Waals surface area (Å²) in [6.45, 7) is 3.77. The lowest BCUT2D eigenvalue weighted by Crippen LogP contribution is -2.02. The molecule has 0 bridgehead atoms. The third-order valence-corrected chi connectivity index (χ3v) is 4.67. The Labute approximate surface area is 177 Å². The molecule has 3 rings (SSSR count). The highest BCUT2D eigenvalue weighted by Crippen LogP contribution is 2.31. The molecule has 0 unspecified atom stereocenters. The van der Waals surface area contributed by atoms with Crippen molar-refractivity contribution in [1.82, 2.24) is 9.97 Å². The summed E-state index contributed by atoms with van der Waals surface area (Å²) >= 11 is 3.59. The first-order valence-electron chi connectivity index (χ1n) is 8.74. The number of allylic oxidation sites excluding steroid dienone is 1. The minimum absolute atomic E-state index is 0.442. The monoisotopic (exact) mass is 444 g/mol. The van der Waals surface area contributed by atoms with Gasteiger partial charge in [0.2, 0.25) is 5.95 Å². The first kappa shape index (κ1) is 20.1. The van der Waals surface area contributed by atoms with E-state index in [9.17, 15) is 0 Å². The number of rotatable bonds is 5. The zero-order valence-electron chi connectivity index (χ0n) is 15.9. The van der Waals surface area contributed by atoms with E-state index in [4.69, 9.17) is 10.5 Å². The number of hydrogen-bond acceptors (Lipinski definition) is 6. The second-order valence-corrected chi connectivity index (χ2v) is 7.19. The maximum atomic E-state index is 8.97. The van der Waals surface area contributed by atoms with E-state index in [0.717, 1.165) is 27.0 Å². The summed E-state index contributed by atoms with van der Waals surface area (Å²) in [5, 5.41) is 24.3. The van der Waals surface area contributed by atoms with Crippen LogP contribution in [-0.2, 0) is 0 Å². The Morgan fingerprint density at radius 3 is 2.52 bits per heavy atom. The highest BCUT2D eigenvalue weighted by Gasteiger charge is 2.08. The quantitative estimate of drug-likeness (QED) is 0.480. The Morgan fingerprint density at radius 2 is 1.86 bits per heavy atom. The van der Waals surface area contributed by atoms with Gasteiger partial charge in [0.25, 0.3) is 0 Å². The van der Waals surface area contributed by atoms with E-state index in [1.165, 1.54) is 0 Å². The summed E-state index contributed by atoms with van der Waals surface area (Å²) in [6.07, 6.45) is 3.50. The van der Waals surface area contributed by atoms with E-state index in [0.29, 0.717) is 22.9 Å². The number of aryl methyl sites for hydroxylation is 1. The Bertz CT molecular complexity index is 1130. The van der Waals surface area contributed by atoms with Crippen LogP contribution in [-0.4, -0.2) is 9.97 Å². The fraction of sp³-hybridized carbons (Fsp3) is 0.0909. The van der Waals surface area contributed by atoms with Crippen LogP contribution in [0.4, 0.5) is 23.1 Å². The second-order valence-electron chi connectivity index (χ2n) is 6.34. The van der Waals surface area contributed by atoms with Gasteiger partial charge in [-0.3, -0.25) is 0 Å². The van der Waals surface area contributed by atoms with Crippen LogP contribution < -0.4 is 10.6 Å². The molecule has 0 amide bonds. The first-order chi connectivity index (χ1) is 14.0. The van der Waals surface area contributed by atoms with Gasteiger partial charge in [-0.25, -0.2) is 4.98 Å². The summed E-state index contributed by atoms with van der Waals surface area (Å²) in [4.78, 5) is 8.74. The lowest BCUT2D eigenvalue weighted by Gasteiger charge is -2.13. The van der Waals surface area contributed by atoms with Crippen molar-refractivity contribution in [3.8, 4) is 12.1 Å². The van der Waals surface area contributed by atoms with Crippen molar-refractivity contribution < 1.29 is 0 Å². The highest BCUT2D eigenvalue weighted by molar-refractivity contribution is 9.10. The number of nitrogens with one attached hydrogen (secondary N) is 2. The number of halogens is 1. The van der Waals surface area contributed by atoms with Gasteiger partial charge in [-0.2, -0.15) is 15.5 Å². The van der Waals surface area contributed by atoms with Gasteiger partial charge < -0.3 is 10.6 Å². The van der Waals surface area contributed by atoms with E-state index >= 15 is 0 Å². The van der Waals surface area contributed by atoms with Gasteiger partial charge in [-0.05, 0) is 89.4 Å². The average molecular weight is 445 g/mol. The van der Waals surface area contributed by atoms with Gasteiger partial charge in [0.15, 0.2) is 0 Å². The van der Waals surface area contributed by atoms with Crippen LogP contribution >= 0.6 is 15.9 Å². The molecule has 0 atom stereocenters. The largest absolute Gasteiger partial charge is 0.339 e. The lowest BCUT2D eigenvalue weighted by atomic mass is 10.1. The minimum atomic E-state index is 0.442. The van der Waals surface area contributed by atoms with E-state index in [1.54, 1.807) is 43.5 Å². The molecule has 2 N–H and O–H groups in total. The zero-order chi connectivity index (χ0) is 20.8. The first-order valence-corrected chi connectivity index (χ1v) is 9.53. The summed E-state index contributed by atoms with van der Waals surface area (Å²) < 4.78 is 0.870. The number of aromatic nitrogens is 2. The zero-order valence-corrected chi connectivity index (χ0v) is 17.4. The normalized spacial score (nSPS) is 10.7. The van der Waals surface area contributed by atoms with Crippen molar-refractivity contribution >= 4 is 45.1 Å². The number of nitrogens with zero attached hydrogens (tertiary/aromatic N) is 4. The topological polar surface area (TPSA) is 97.4 Å². The fourth-order valence-electron chi connectivity index (χ4n) is 2.67. The molecule has 7 heteroatoms. The van der Waals surface area contributed by atoms with Crippen LogP contribution in [0.15, 0.2) is 58.7 Å². The summed E-state index contributed by atoms with van der Waals surface area (Å²) in [5.74, 6) is 1.08. The van der Waals surface area contributed by atoms with E-state index < -0.39 is 0 Å². The molecule has 0 fully saturated rings. The molecule has 0 radical (unpaired) electrons. The van der Waals surface area contributed by atoms with Crippen LogP contribution in [0.25, 0.3) is 6.08 Å². The third-order valence-electron chi connectivity index (χ3n) is 4.05. The molecular formula is C22H17BrN6. The van der Waals surface area contributed by atoms with E-state index in [-0.39, 0.29) is 0 Å². The molecular weight excluding hydrogens is 428 g/mol. The Hall–Kier alpha value is -3.68.